The number of nitrogens with zero attached hydrogens (tertiary/aromatic N) is 2. The third kappa shape index (κ3) is 5.02. The Kier molecular flexibility index (Phi) is 6.30. The molecular formula is C26H26FN3O2. The molecule has 3 aromatic rings. The Morgan fingerprint density at radius 2 is 1.75 bits per heavy atom. The maximum atomic E-state index is 13.3. The Hall–Kier alpha value is -3.54. The molecule has 1 aliphatic rings. The summed E-state index contributed by atoms with van der Waals surface area (Å²) in [5, 5.41) is 2.71. The number of carbonyl (C=O) groups excluding carboxylic acids is 2. The van der Waals surface area contributed by atoms with E-state index in [2.05, 4.69) is 11.4 Å². The van der Waals surface area contributed by atoms with Crippen LogP contribution in [0.15, 0.2) is 60.7 Å². The standard InChI is InChI=1S/C26H26FN3O2/c1-17-14-22(19-5-9-23(27)10-6-19)15-25(28-17)21-4-3-13-30(16-21)26(32)20-7-11-24(12-8-20)29-18(2)31/h5-12,14-15,21H,3-4,13,16H2,1-2H3,(H,29,31)/t21-/m0/s1. The quantitative estimate of drug-likeness (QED) is 0.620. The lowest BCUT2D eigenvalue weighted by atomic mass is 9.92. The van der Waals surface area contributed by atoms with Crippen LogP contribution in [0.1, 0.15) is 47.4 Å². The molecule has 1 fully saturated rings. The van der Waals surface area contributed by atoms with Crippen LogP contribution in [0.5, 0.6) is 0 Å². The smallest absolute Gasteiger partial charge is 0.253 e. The van der Waals surface area contributed by atoms with Crippen LogP contribution in [0.25, 0.3) is 11.1 Å². The zero-order valence-corrected chi connectivity index (χ0v) is 18.3. The first-order valence-electron chi connectivity index (χ1n) is 10.8. The summed E-state index contributed by atoms with van der Waals surface area (Å²) in [6.45, 7) is 4.72. The van der Waals surface area contributed by atoms with Crippen molar-refractivity contribution in [2.45, 2.75) is 32.6 Å². The van der Waals surface area contributed by atoms with Crippen molar-refractivity contribution in [3.63, 3.8) is 0 Å². The molecule has 0 bridgehead atoms. The number of hydrogen-bond acceptors (Lipinski definition) is 3. The van der Waals surface area contributed by atoms with E-state index in [1.165, 1.54) is 19.1 Å². The number of pyridine rings is 1. The minimum Gasteiger partial charge on any atom is -0.338 e. The van der Waals surface area contributed by atoms with Gasteiger partial charge in [-0.15, -0.1) is 0 Å². The second-order valence-electron chi connectivity index (χ2n) is 8.28. The molecule has 164 valence electrons. The van der Waals surface area contributed by atoms with E-state index in [0.29, 0.717) is 24.3 Å². The van der Waals surface area contributed by atoms with E-state index >= 15 is 0 Å². The van der Waals surface area contributed by atoms with E-state index < -0.39 is 0 Å². The predicted octanol–water partition coefficient (Wildman–Crippen LogP) is 5.17. The Morgan fingerprint density at radius 1 is 1.03 bits per heavy atom. The second kappa shape index (κ2) is 9.30. The minimum absolute atomic E-state index is 0.0181. The highest BCUT2D eigenvalue weighted by Gasteiger charge is 2.26. The summed E-state index contributed by atoms with van der Waals surface area (Å²) in [5.74, 6) is -0.277. The summed E-state index contributed by atoms with van der Waals surface area (Å²) in [6.07, 6.45) is 1.87. The van der Waals surface area contributed by atoms with Crippen LogP contribution in [0.4, 0.5) is 10.1 Å². The number of aryl methyl sites for hydroxylation is 1. The third-order valence-corrected chi connectivity index (χ3v) is 5.73. The van der Waals surface area contributed by atoms with E-state index in [1.54, 1.807) is 36.4 Å². The van der Waals surface area contributed by atoms with Gasteiger partial charge in [0.2, 0.25) is 5.91 Å². The first-order valence-corrected chi connectivity index (χ1v) is 10.8. The lowest BCUT2D eigenvalue weighted by Gasteiger charge is -2.33. The number of amides is 2. The van der Waals surface area contributed by atoms with Crippen molar-refractivity contribution in [2.24, 2.45) is 0 Å². The number of anilines is 1. The van der Waals surface area contributed by atoms with Crippen LogP contribution in [0.3, 0.4) is 0 Å². The maximum Gasteiger partial charge on any atom is 0.253 e. The Morgan fingerprint density at radius 3 is 2.44 bits per heavy atom. The van der Waals surface area contributed by atoms with Gasteiger partial charge in [0.1, 0.15) is 5.82 Å². The molecule has 1 atom stereocenters. The van der Waals surface area contributed by atoms with Gasteiger partial charge in [-0.3, -0.25) is 14.6 Å². The van der Waals surface area contributed by atoms with Gasteiger partial charge in [-0.25, -0.2) is 4.39 Å². The van der Waals surface area contributed by atoms with Crippen LogP contribution in [0, 0.1) is 12.7 Å². The molecule has 1 saturated heterocycles. The molecule has 32 heavy (non-hydrogen) atoms. The number of aromatic nitrogens is 1. The summed E-state index contributed by atoms with van der Waals surface area (Å²) >= 11 is 0. The Balaban J connectivity index is 1.52. The normalized spacial score (nSPS) is 16.0. The van der Waals surface area contributed by atoms with Crippen molar-refractivity contribution < 1.29 is 14.0 Å². The first-order chi connectivity index (χ1) is 15.4. The van der Waals surface area contributed by atoms with Gasteiger partial charge in [0.25, 0.3) is 5.91 Å². The highest BCUT2D eigenvalue weighted by molar-refractivity contribution is 5.95. The van der Waals surface area contributed by atoms with Crippen molar-refractivity contribution in [1.29, 1.82) is 0 Å². The summed E-state index contributed by atoms with van der Waals surface area (Å²) in [6, 6.07) is 17.5. The molecule has 1 N–H and O–H groups in total. The van der Waals surface area contributed by atoms with Crippen LogP contribution in [-0.2, 0) is 4.79 Å². The third-order valence-electron chi connectivity index (χ3n) is 5.73. The number of carbonyl (C=O) groups is 2. The molecule has 0 unspecified atom stereocenters. The average Bonchev–Trinajstić information content (AvgIpc) is 2.79. The lowest BCUT2D eigenvalue weighted by molar-refractivity contribution is -0.114. The van der Waals surface area contributed by atoms with E-state index in [-0.39, 0.29) is 23.5 Å². The van der Waals surface area contributed by atoms with Crippen LogP contribution >= 0.6 is 0 Å². The number of piperidine rings is 1. The largest absolute Gasteiger partial charge is 0.338 e. The fraction of sp³-hybridized carbons (Fsp3) is 0.269. The molecule has 2 heterocycles. The van der Waals surface area contributed by atoms with Gasteiger partial charge < -0.3 is 10.2 Å². The zero-order chi connectivity index (χ0) is 22.7. The van der Waals surface area contributed by atoms with Crippen molar-refractivity contribution >= 4 is 17.5 Å². The molecule has 0 radical (unpaired) electrons. The van der Waals surface area contributed by atoms with Crippen molar-refractivity contribution in [2.75, 3.05) is 18.4 Å². The molecule has 6 heteroatoms. The highest BCUT2D eigenvalue weighted by atomic mass is 19.1. The molecule has 1 aromatic heterocycles. The zero-order valence-electron chi connectivity index (χ0n) is 18.3. The van der Waals surface area contributed by atoms with Crippen molar-refractivity contribution in [3.05, 3.63) is 83.4 Å². The predicted molar refractivity (Wildman–Crippen MR) is 123 cm³/mol. The summed E-state index contributed by atoms with van der Waals surface area (Å²) in [5.41, 5.74) is 5.08. The van der Waals surface area contributed by atoms with Gasteiger partial charge in [-0.2, -0.15) is 0 Å². The molecule has 2 amide bonds. The molecule has 4 rings (SSSR count). The van der Waals surface area contributed by atoms with Crippen LogP contribution < -0.4 is 5.32 Å². The fourth-order valence-corrected chi connectivity index (χ4v) is 4.20. The highest BCUT2D eigenvalue weighted by Crippen LogP contribution is 2.30. The van der Waals surface area contributed by atoms with E-state index in [0.717, 1.165) is 35.4 Å². The van der Waals surface area contributed by atoms with Gasteiger partial charge in [0, 0.05) is 48.6 Å². The number of hydrogen-bond donors (Lipinski definition) is 1. The molecule has 0 spiro atoms. The first kappa shape index (κ1) is 21.7. The summed E-state index contributed by atoms with van der Waals surface area (Å²) < 4.78 is 13.3. The lowest BCUT2D eigenvalue weighted by Crippen LogP contribution is -2.39. The second-order valence-corrected chi connectivity index (χ2v) is 8.28. The topological polar surface area (TPSA) is 62.3 Å². The summed E-state index contributed by atoms with van der Waals surface area (Å²) in [7, 11) is 0. The Bertz CT molecular complexity index is 1130. The molecule has 0 aliphatic carbocycles. The van der Waals surface area contributed by atoms with E-state index in [1.807, 2.05) is 17.9 Å². The van der Waals surface area contributed by atoms with Crippen LogP contribution in [-0.4, -0.2) is 34.8 Å². The van der Waals surface area contributed by atoms with Crippen molar-refractivity contribution in [3.8, 4) is 11.1 Å². The number of benzene rings is 2. The maximum absolute atomic E-state index is 13.3. The fourth-order valence-electron chi connectivity index (χ4n) is 4.20. The van der Waals surface area contributed by atoms with E-state index in [4.69, 9.17) is 4.98 Å². The van der Waals surface area contributed by atoms with Gasteiger partial charge in [-0.05, 0) is 79.4 Å². The van der Waals surface area contributed by atoms with Gasteiger partial charge in [0.15, 0.2) is 0 Å². The summed E-state index contributed by atoms with van der Waals surface area (Å²) in [4.78, 5) is 30.9. The number of likely N-dealkylation sites (tertiary alicyclic amines) is 1. The minimum atomic E-state index is -0.258. The molecular weight excluding hydrogens is 405 g/mol. The van der Waals surface area contributed by atoms with Gasteiger partial charge in [0.05, 0.1) is 0 Å². The molecule has 0 saturated carbocycles. The monoisotopic (exact) mass is 431 g/mol. The number of rotatable bonds is 4. The van der Waals surface area contributed by atoms with E-state index in [9.17, 15) is 14.0 Å². The molecule has 1 aliphatic heterocycles. The number of nitrogens with one attached hydrogen (secondary N) is 1. The molecule has 5 nitrogen and oxygen atoms in total. The van der Waals surface area contributed by atoms with Gasteiger partial charge >= 0.3 is 0 Å². The van der Waals surface area contributed by atoms with Crippen molar-refractivity contribution in [1.82, 2.24) is 9.88 Å². The van der Waals surface area contributed by atoms with Crippen LogP contribution in [0.2, 0.25) is 0 Å². The van der Waals surface area contributed by atoms with Gasteiger partial charge in [-0.1, -0.05) is 12.1 Å². The number of halogens is 1. The Labute approximate surface area is 187 Å². The SMILES string of the molecule is CC(=O)Nc1ccc(C(=O)N2CCC[C@H](c3cc(-c4ccc(F)cc4)cc(C)n3)C2)cc1. The molecule has 2 aromatic carbocycles. The average molecular weight is 432 g/mol.